The Kier molecular flexibility index (Phi) is 7.27. The SMILES string of the molecule is [CH2-]CCC=C(C(F)(F)F)C(F)(F)F.[U]. The van der Waals surface area contributed by atoms with Crippen LogP contribution in [0.4, 0.5) is 26.3 Å². The van der Waals surface area contributed by atoms with Crippen LogP contribution in [0.5, 0.6) is 0 Å². The molecule has 0 atom stereocenters. The van der Waals surface area contributed by atoms with Gasteiger partial charge in [0.15, 0.2) is 0 Å². The van der Waals surface area contributed by atoms with Gasteiger partial charge in [-0.3, -0.25) is 0 Å². The van der Waals surface area contributed by atoms with Gasteiger partial charge in [0, 0.05) is 31.1 Å². The van der Waals surface area contributed by atoms with Crippen molar-refractivity contribution in [2.45, 2.75) is 25.2 Å². The van der Waals surface area contributed by atoms with E-state index >= 15 is 0 Å². The van der Waals surface area contributed by atoms with Gasteiger partial charge in [-0.05, 0) is 0 Å². The van der Waals surface area contributed by atoms with Gasteiger partial charge in [0.25, 0.3) is 0 Å². The second-order valence-electron chi connectivity index (χ2n) is 2.26. The van der Waals surface area contributed by atoms with Gasteiger partial charge in [-0.15, -0.1) is 0 Å². The van der Waals surface area contributed by atoms with Gasteiger partial charge in [-0.2, -0.15) is 32.8 Å². The fourth-order valence-corrected chi connectivity index (χ4v) is 0.639. The zero-order valence-corrected chi connectivity index (χ0v) is 11.1. The van der Waals surface area contributed by atoms with Gasteiger partial charge in [-0.1, -0.05) is 12.5 Å². The smallest absolute Gasteiger partial charge is 0.343 e. The van der Waals surface area contributed by atoms with E-state index in [4.69, 9.17) is 0 Å². The second kappa shape index (κ2) is 6.06. The molecule has 0 saturated carbocycles. The molecule has 0 nitrogen and oxygen atoms in total. The molecule has 0 rings (SSSR count). The summed E-state index contributed by atoms with van der Waals surface area (Å²) in [5.41, 5.74) is -2.45. The van der Waals surface area contributed by atoms with Crippen LogP contribution in [0.3, 0.4) is 0 Å². The first kappa shape index (κ1) is 16.8. The van der Waals surface area contributed by atoms with E-state index in [9.17, 15) is 26.3 Å². The molecule has 0 aliphatic rings. The number of unbranched alkanes of at least 4 members (excludes halogenated alkanes) is 1. The van der Waals surface area contributed by atoms with Crippen molar-refractivity contribution in [2.75, 3.05) is 0 Å². The normalized spacial score (nSPS) is 11.9. The van der Waals surface area contributed by atoms with Crippen molar-refractivity contribution in [3.63, 3.8) is 0 Å². The van der Waals surface area contributed by atoms with Crippen molar-refractivity contribution in [1.82, 2.24) is 0 Å². The summed E-state index contributed by atoms with van der Waals surface area (Å²) in [5, 5.41) is 0. The monoisotopic (exact) mass is 443 g/mol. The van der Waals surface area contributed by atoms with Crippen LogP contribution < -0.4 is 0 Å². The molecule has 0 unspecified atom stereocenters. The van der Waals surface area contributed by atoms with E-state index in [0.29, 0.717) is 0 Å². The fraction of sp³-hybridized carbons (Fsp3) is 0.571. The van der Waals surface area contributed by atoms with Crippen LogP contribution in [0.15, 0.2) is 11.6 Å². The van der Waals surface area contributed by atoms with E-state index in [2.05, 4.69) is 6.92 Å². The average Bonchev–Trinajstić information content (AvgIpc) is 1.81. The predicted molar refractivity (Wildman–Crippen MR) is 34.8 cm³/mol. The minimum absolute atomic E-state index is 0. The van der Waals surface area contributed by atoms with E-state index < -0.39 is 17.9 Å². The van der Waals surface area contributed by atoms with Crippen molar-refractivity contribution in [3.8, 4) is 0 Å². The first-order valence-corrected chi connectivity index (χ1v) is 3.33. The van der Waals surface area contributed by atoms with Gasteiger partial charge < -0.3 is 6.92 Å². The summed E-state index contributed by atoms with van der Waals surface area (Å²) in [6.07, 6.45) is -10.9. The molecule has 0 aliphatic heterocycles. The van der Waals surface area contributed by atoms with E-state index in [1.807, 2.05) is 0 Å². The Bertz CT molecular complexity index is 173. The molecule has 0 heterocycles. The van der Waals surface area contributed by atoms with Gasteiger partial charge in [0.05, 0.1) is 0 Å². The van der Waals surface area contributed by atoms with Gasteiger partial charge in [0.2, 0.25) is 0 Å². The van der Waals surface area contributed by atoms with Crippen LogP contribution >= 0.6 is 0 Å². The molecule has 82 valence electrons. The maximum absolute atomic E-state index is 11.7. The quantitative estimate of drug-likeness (QED) is 0.348. The maximum atomic E-state index is 11.7. The summed E-state index contributed by atoms with van der Waals surface area (Å²) >= 11 is 0. The van der Waals surface area contributed by atoms with E-state index in [0.717, 1.165) is 0 Å². The molecule has 0 N–H and O–H groups in total. The first-order chi connectivity index (χ1) is 5.69. The van der Waals surface area contributed by atoms with E-state index in [1.165, 1.54) is 0 Å². The molecule has 0 aliphatic carbocycles. The molecule has 0 aromatic rings. The molecule has 14 heavy (non-hydrogen) atoms. The van der Waals surface area contributed by atoms with Gasteiger partial charge in [0.1, 0.15) is 5.57 Å². The fourth-order valence-electron chi connectivity index (χ4n) is 0.639. The summed E-state index contributed by atoms with van der Waals surface area (Å²) in [5.74, 6) is 0. The standard InChI is InChI=1S/C7H7F6.U/c1-2-3-4-5(6(8,9)10)7(11,12)13;/h4H,1-3H2;/q-1;. The Balaban J connectivity index is 0. The average molecular weight is 443 g/mol. The molecule has 0 amide bonds. The number of hydrogen-bond donors (Lipinski definition) is 0. The van der Waals surface area contributed by atoms with Crippen molar-refractivity contribution >= 4 is 0 Å². The first-order valence-electron chi connectivity index (χ1n) is 3.33. The summed E-state index contributed by atoms with van der Waals surface area (Å²) in [6.45, 7) is 3.14. The molecule has 0 fully saturated rings. The molecule has 0 bridgehead atoms. The van der Waals surface area contributed by atoms with Crippen LogP contribution in [0.2, 0.25) is 0 Å². The summed E-state index contributed by atoms with van der Waals surface area (Å²) in [4.78, 5) is 0. The third-order valence-corrected chi connectivity index (χ3v) is 1.16. The molecular weight excluding hydrogens is 436 g/mol. The maximum Gasteiger partial charge on any atom is 0.420 e. The predicted octanol–water partition coefficient (Wildman–Crippen LogP) is 3.65. The number of halogens is 6. The molecule has 0 aromatic carbocycles. The van der Waals surface area contributed by atoms with Crippen LogP contribution in [0.1, 0.15) is 12.8 Å². The van der Waals surface area contributed by atoms with Crippen molar-refractivity contribution in [1.29, 1.82) is 0 Å². The molecule has 0 aromatic heterocycles. The molecule has 0 radical (unpaired) electrons. The minimum atomic E-state index is -5.34. The Morgan fingerprint density at radius 2 is 1.36 bits per heavy atom. The summed E-state index contributed by atoms with van der Waals surface area (Å²) in [7, 11) is 0. The Morgan fingerprint density at radius 1 is 1.00 bits per heavy atom. The van der Waals surface area contributed by atoms with Crippen molar-refractivity contribution < 1.29 is 57.5 Å². The third kappa shape index (κ3) is 5.97. The number of hydrogen-bond acceptors (Lipinski definition) is 0. The molecular formula is C7H7F6U-. The van der Waals surface area contributed by atoms with E-state index in [-0.39, 0.29) is 50.0 Å². The Morgan fingerprint density at radius 3 is 1.57 bits per heavy atom. The largest absolute Gasteiger partial charge is 0.420 e. The van der Waals surface area contributed by atoms with Gasteiger partial charge in [-0.25, -0.2) is 0 Å². The van der Waals surface area contributed by atoms with Crippen LogP contribution in [-0.2, 0) is 0 Å². The van der Waals surface area contributed by atoms with Crippen LogP contribution in [0.25, 0.3) is 0 Å². The van der Waals surface area contributed by atoms with Crippen molar-refractivity contribution in [3.05, 3.63) is 18.6 Å². The van der Waals surface area contributed by atoms with Crippen LogP contribution in [0, 0.1) is 38.0 Å². The second-order valence-corrected chi connectivity index (χ2v) is 2.26. The zero-order valence-electron chi connectivity index (χ0n) is 6.97. The molecule has 0 saturated heterocycles. The van der Waals surface area contributed by atoms with Crippen molar-refractivity contribution in [2.24, 2.45) is 0 Å². The summed E-state index contributed by atoms with van der Waals surface area (Å²) in [6, 6.07) is 0. The zero-order chi connectivity index (χ0) is 10.7. The Labute approximate surface area is 101 Å². The number of allylic oxidation sites excluding steroid dienone is 2. The van der Waals surface area contributed by atoms with Crippen LogP contribution in [-0.4, -0.2) is 12.4 Å². The summed E-state index contributed by atoms with van der Waals surface area (Å²) < 4.78 is 70.4. The van der Waals surface area contributed by atoms with Gasteiger partial charge >= 0.3 is 12.4 Å². The number of rotatable bonds is 2. The topological polar surface area (TPSA) is 0 Å². The third-order valence-electron chi connectivity index (χ3n) is 1.16. The molecule has 7 heteroatoms. The Hall–Kier alpha value is 0.372. The van der Waals surface area contributed by atoms with E-state index in [1.54, 1.807) is 0 Å². The molecule has 0 spiro atoms. The number of alkyl halides is 6. The minimum Gasteiger partial charge on any atom is -0.343 e.